The first-order valence-corrected chi connectivity index (χ1v) is 22.5. The van der Waals surface area contributed by atoms with E-state index in [1.807, 2.05) is 6.08 Å². The Morgan fingerprint density at radius 2 is 0.833 bits per heavy atom. The Morgan fingerprint density at radius 1 is 0.463 bits per heavy atom. The lowest BCUT2D eigenvalue weighted by Crippen LogP contribution is -2.45. The SMILES string of the molecule is CC/C=C\C/C=C\C/C=C\C/C=C\C/C=C\C/C=C\CCCCCCCCCCCCCCCCC(=O)NC(CO)C(O)/C=C/CC/C=C/CCCCC. The predicted octanol–water partition coefficient (Wildman–Crippen LogP) is 14.2. The number of carbonyl (C=O) groups is 1. The van der Waals surface area contributed by atoms with Gasteiger partial charge in [0, 0.05) is 6.42 Å². The number of amides is 1. The van der Waals surface area contributed by atoms with Crippen LogP contribution in [0.5, 0.6) is 0 Å². The maximum Gasteiger partial charge on any atom is 0.220 e. The smallest absolute Gasteiger partial charge is 0.220 e. The Morgan fingerprint density at radius 3 is 1.30 bits per heavy atom. The van der Waals surface area contributed by atoms with Gasteiger partial charge in [0.05, 0.1) is 18.8 Å². The van der Waals surface area contributed by atoms with E-state index in [1.54, 1.807) is 6.08 Å². The average Bonchev–Trinajstić information content (AvgIpc) is 3.18. The summed E-state index contributed by atoms with van der Waals surface area (Å²) in [6.07, 6.45) is 66.8. The average molecular weight is 748 g/mol. The number of allylic oxidation sites excluding steroid dienone is 15. The standard InChI is InChI=1S/C50H85NO3/c1-3-5-7-9-11-13-14-15-16-17-18-19-20-21-22-23-24-25-26-27-28-29-30-31-32-33-34-35-36-38-40-42-44-46-50(54)51-48(47-52)49(53)45-43-41-39-37-12-10-8-6-4-2/h5,7,11-13,15-16,18-19,21-22,24-25,37,43,45,48-49,52-53H,3-4,6,8-10,14,17,20,23,26-36,38-42,44,46-47H2,1-2H3,(H,51,54)/b7-5-,13-11-,16-15-,19-18-,22-21-,25-24-,37-12+,45-43+. The van der Waals surface area contributed by atoms with Gasteiger partial charge in [0.15, 0.2) is 0 Å². The molecule has 0 aromatic heterocycles. The largest absolute Gasteiger partial charge is 0.394 e. The highest BCUT2D eigenvalue weighted by molar-refractivity contribution is 5.76. The Balaban J connectivity index is 3.53. The number of nitrogens with one attached hydrogen (secondary N) is 1. The molecule has 0 aliphatic heterocycles. The van der Waals surface area contributed by atoms with Crippen LogP contribution in [0.1, 0.15) is 194 Å². The summed E-state index contributed by atoms with van der Waals surface area (Å²) in [5.74, 6) is -0.0820. The van der Waals surface area contributed by atoms with E-state index in [2.05, 4.69) is 104 Å². The van der Waals surface area contributed by atoms with Gasteiger partial charge in [-0.3, -0.25) is 4.79 Å². The predicted molar refractivity (Wildman–Crippen MR) is 239 cm³/mol. The minimum absolute atomic E-state index is 0.0820. The molecule has 0 heterocycles. The van der Waals surface area contributed by atoms with E-state index in [0.29, 0.717) is 6.42 Å². The molecule has 0 fully saturated rings. The molecule has 0 bridgehead atoms. The van der Waals surface area contributed by atoms with Crippen LogP contribution in [0.2, 0.25) is 0 Å². The van der Waals surface area contributed by atoms with E-state index in [0.717, 1.165) is 70.6 Å². The summed E-state index contributed by atoms with van der Waals surface area (Å²) in [6.45, 7) is 4.12. The van der Waals surface area contributed by atoms with Crippen molar-refractivity contribution >= 4 is 5.91 Å². The molecule has 0 aliphatic rings. The van der Waals surface area contributed by atoms with Crippen LogP contribution in [-0.2, 0) is 4.79 Å². The summed E-state index contributed by atoms with van der Waals surface area (Å²) < 4.78 is 0. The lowest BCUT2D eigenvalue weighted by atomic mass is 10.0. The highest BCUT2D eigenvalue weighted by Gasteiger charge is 2.17. The van der Waals surface area contributed by atoms with Gasteiger partial charge >= 0.3 is 0 Å². The zero-order chi connectivity index (χ0) is 39.3. The molecule has 0 saturated carbocycles. The Hall–Kier alpha value is -2.69. The van der Waals surface area contributed by atoms with Crippen molar-refractivity contribution < 1.29 is 15.0 Å². The molecule has 4 heteroatoms. The van der Waals surface area contributed by atoms with Crippen molar-refractivity contribution in [2.75, 3.05) is 6.61 Å². The number of aliphatic hydroxyl groups is 2. The third kappa shape index (κ3) is 40.5. The molecule has 0 aromatic rings. The maximum absolute atomic E-state index is 12.3. The first kappa shape index (κ1) is 51.3. The van der Waals surface area contributed by atoms with Crippen LogP contribution < -0.4 is 5.32 Å². The molecule has 0 aliphatic carbocycles. The number of rotatable bonds is 39. The van der Waals surface area contributed by atoms with Crippen LogP contribution >= 0.6 is 0 Å². The molecule has 308 valence electrons. The third-order valence-electron chi connectivity index (χ3n) is 9.55. The van der Waals surface area contributed by atoms with Crippen LogP contribution in [0.4, 0.5) is 0 Å². The van der Waals surface area contributed by atoms with Crippen LogP contribution in [0.3, 0.4) is 0 Å². The maximum atomic E-state index is 12.3. The zero-order valence-corrected chi connectivity index (χ0v) is 35.2. The molecular formula is C50H85NO3. The van der Waals surface area contributed by atoms with Gasteiger partial charge in [0.25, 0.3) is 0 Å². The molecule has 1 amide bonds. The minimum Gasteiger partial charge on any atom is -0.394 e. The van der Waals surface area contributed by atoms with E-state index < -0.39 is 12.1 Å². The van der Waals surface area contributed by atoms with Gasteiger partial charge in [0.1, 0.15) is 0 Å². The van der Waals surface area contributed by atoms with E-state index in [-0.39, 0.29) is 12.5 Å². The van der Waals surface area contributed by atoms with Crippen LogP contribution in [0, 0.1) is 0 Å². The first-order valence-electron chi connectivity index (χ1n) is 22.5. The second-order valence-corrected chi connectivity index (χ2v) is 14.7. The van der Waals surface area contributed by atoms with Gasteiger partial charge < -0.3 is 15.5 Å². The molecule has 0 saturated heterocycles. The van der Waals surface area contributed by atoms with E-state index >= 15 is 0 Å². The molecule has 0 radical (unpaired) electrons. The zero-order valence-electron chi connectivity index (χ0n) is 35.2. The van der Waals surface area contributed by atoms with Crippen molar-refractivity contribution in [2.45, 2.75) is 206 Å². The highest BCUT2D eigenvalue weighted by Crippen LogP contribution is 2.14. The summed E-state index contributed by atoms with van der Waals surface area (Å²) in [7, 11) is 0. The van der Waals surface area contributed by atoms with Crippen LogP contribution in [0.25, 0.3) is 0 Å². The molecular weight excluding hydrogens is 663 g/mol. The molecule has 0 rings (SSSR count). The Kier molecular flexibility index (Phi) is 42.5. The monoisotopic (exact) mass is 748 g/mol. The van der Waals surface area contributed by atoms with Gasteiger partial charge in [-0.05, 0) is 83.5 Å². The van der Waals surface area contributed by atoms with Crippen molar-refractivity contribution in [2.24, 2.45) is 0 Å². The Labute approximate surface area is 334 Å². The fourth-order valence-electron chi connectivity index (χ4n) is 6.14. The number of hydrogen-bond acceptors (Lipinski definition) is 3. The lowest BCUT2D eigenvalue weighted by Gasteiger charge is -2.19. The quantitative estimate of drug-likeness (QED) is 0.0433. The van der Waals surface area contributed by atoms with Crippen LogP contribution in [0.15, 0.2) is 97.2 Å². The minimum atomic E-state index is -0.864. The van der Waals surface area contributed by atoms with Crippen LogP contribution in [-0.4, -0.2) is 34.9 Å². The highest BCUT2D eigenvalue weighted by atomic mass is 16.3. The summed E-state index contributed by atoms with van der Waals surface area (Å²) >= 11 is 0. The molecule has 2 atom stereocenters. The van der Waals surface area contributed by atoms with Crippen molar-refractivity contribution in [3.8, 4) is 0 Å². The topological polar surface area (TPSA) is 69.6 Å². The van der Waals surface area contributed by atoms with E-state index in [1.165, 1.54) is 103 Å². The summed E-state index contributed by atoms with van der Waals surface area (Å²) in [4.78, 5) is 12.3. The molecule has 0 aromatic carbocycles. The number of unbranched alkanes of at least 4 members (excludes halogenated alkanes) is 18. The van der Waals surface area contributed by atoms with Crippen molar-refractivity contribution in [3.63, 3.8) is 0 Å². The van der Waals surface area contributed by atoms with Gasteiger partial charge in [-0.2, -0.15) is 0 Å². The summed E-state index contributed by atoms with van der Waals surface area (Å²) in [5, 5.41) is 22.8. The Bertz CT molecular complexity index is 1030. The van der Waals surface area contributed by atoms with E-state index in [4.69, 9.17) is 0 Å². The fourth-order valence-corrected chi connectivity index (χ4v) is 6.14. The molecule has 3 N–H and O–H groups in total. The molecule has 0 spiro atoms. The number of carbonyl (C=O) groups excluding carboxylic acids is 1. The van der Waals surface area contributed by atoms with Crippen molar-refractivity contribution in [3.05, 3.63) is 97.2 Å². The third-order valence-corrected chi connectivity index (χ3v) is 9.55. The fraction of sp³-hybridized carbons (Fsp3) is 0.660. The van der Waals surface area contributed by atoms with Gasteiger partial charge in [-0.25, -0.2) is 0 Å². The lowest BCUT2D eigenvalue weighted by molar-refractivity contribution is -0.123. The summed E-state index contributed by atoms with van der Waals surface area (Å²) in [5.41, 5.74) is 0. The first-order chi connectivity index (χ1) is 26.7. The number of aliphatic hydroxyl groups excluding tert-OH is 2. The normalized spacial score (nSPS) is 13.9. The van der Waals surface area contributed by atoms with Gasteiger partial charge in [-0.15, -0.1) is 0 Å². The van der Waals surface area contributed by atoms with Gasteiger partial charge in [0.2, 0.25) is 5.91 Å². The van der Waals surface area contributed by atoms with Crippen molar-refractivity contribution in [1.82, 2.24) is 5.32 Å². The van der Waals surface area contributed by atoms with E-state index in [9.17, 15) is 15.0 Å². The molecule has 2 unspecified atom stereocenters. The van der Waals surface area contributed by atoms with Gasteiger partial charge in [-0.1, -0.05) is 201 Å². The molecule has 54 heavy (non-hydrogen) atoms. The molecule has 4 nitrogen and oxygen atoms in total. The number of hydrogen-bond donors (Lipinski definition) is 3. The second kappa shape index (κ2) is 44.7. The second-order valence-electron chi connectivity index (χ2n) is 14.7. The van der Waals surface area contributed by atoms with Crippen molar-refractivity contribution in [1.29, 1.82) is 0 Å². The summed E-state index contributed by atoms with van der Waals surface area (Å²) in [6, 6.07) is -0.641.